The van der Waals surface area contributed by atoms with Crippen LogP contribution in [-0.4, -0.2) is 16.1 Å². The van der Waals surface area contributed by atoms with Crippen LogP contribution in [0.2, 0.25) is 5.02 Å². The van der Waals surface area contributed by atoms with E-state index in [1.54, 1.807) is 18.2 Å². The standard InChI is InChI=1S/C17H12ClNO2S/c1-10-2-4-11(5-3-10)17-19-16(21)15(22-17)9-12-8-13(18)6-7-14(12)20/h2-9,20H,1H3. The molecular weight excluding hydrogens is 318 g/mol. The molecule has 1 aliphatic heterocycles. The van der Waals surface area contributed by atoms with Crippen LogP contribution in [0.3, 0.4) is 0 Å². The van der Waals surface area contributed by atoms with Crippen molar-refractivity contribution in [3.05, 3.63) is 69.1 Å². The number of aryl methyl sites for hydroxylation is 1. The molecule has 0 radical (unpaired) electrons. The molecule has 3 nitrogen and oxygen atoms in total. The van der Waals surface area contributed by atoms with E-state index in [-0.39, 0.29) is 11.7 Å². The minimum Gasteiger partial charge on any atom is -0.507 e. The van der Waals surface area contributed by atoms with Gasteiger partial charge in [0.2, 0.25) is 0 Å². The van der Waals surface area contributed by atoms with E-state index in [1.165, 1.54) is 17.8 Å². The van der Waals surface area contributed by atoms with Gasteiger partial charge in [0.25, 0.3) is 5.91 Å². The van der Waals surface area contributed by atoms with Crippen LogP contribution in [0, 0.1) is 6.92 Å². The molecule has 3 rings (SSSR count). The zero-order valence-corrected chi connectivity index (χ0v) is 13.3. The maximum absolute atomic E-state index is 12.0. The quantitative estimate of drug-likeness (QED) is 0.830. The molecule has 1 aliphatic rings. The molecule has 0 bridgehead atoms. The average Bonchev–Trinajstić information content (AvgIpc) is 2.85. The van der Waals surface area contributed by atoms with Crippen molar-refractivity contribution in [3.63, 3.8) is 0 Å². The normalized spacial score (nSPS) is 16.2. The van der Waals surface area contributed by atoms with Crippen LogP contribution in [0.4, 0.5) is 0 Å². The Hall–Kier alpha value is -2.04. The molecule has 1 amide bonds. The summed E-state index contributed by atoms with van der Waals surface area (Å²) in [6, 6.07) is 12.5. The van der Waals surface area contributed by atoms with E-state index in [1.807, 2.05) is 31.2 Å². The smallest absolute Gasteiger partial charge is 0.284 e. The number of aromatic hydroxyl groups is 1. The lowest BCUT2D eigenvalue weighted by molar-refractivity contribution is -0.113. The van der Waals surface area contributed by atoms with Gasteiger partial charge in [0.15, 0.2) is 0 Å². The SMILES string of the molecule is Cc1ccc(C2=NC(=O)C(=Cc3cc(Cl)ccc3O)S2)cc1. The predicted octanol–water partition coefficient (Wildman–Crippen LogP) is 4.42. The molecule has 2 aromatic rings. The van der Waals surface area contributed by atoms with Crippen molar-refractivity contribution in [2.24, 2.45) is 4.99 Å². The molecule has 0 aliphatic carbocycles. The van der Waals surface area contributed by atoms with Crippen LogP contribution in [0.1, 0.15) is 16.7 Å². The molecule has 0 aromatic heterocycles. The molecule has 110 valence electrons. The molecule has 0 atom stereocenters. The second kappa shape index (κ2) is 5.99. The molecule has 1 heterocycles. The van der Waals surface area contributed by atoms with E-state index < -0.39 is 0 Å². The largest absolute Gasteiger partial charge is 0.507 e. The third kappa shape index (κ3) is 3.08. The Morgan fingerprint density at radius 3 is 2.64 bits per heavy atom. The summed E-state index contributed by atoms with van der Waals surface area (Å²) in [5.41, 5.74) is 2.56. The van der Waals surface area contributed by atoms with Crippen molar-refractivity contribution in [2.75, 3.05) is 0 Å². The van der Waals surface area contributed by atoms with E-state index >= 15 is 0 Å². The highest BCUT2D eigenvalue weighted by atomic mass is 35.5. The molecular formula is C17H12ClNO2S. The second-order valence-electron chi connectivity index (χ2n) is 4.90. The Labute approximate surface area is 137 Å². The van der Waals surface area contributed by atoms with Crippen LogP contribution >= 0.6 is 23.4 Å². The monoisotopic (exact) mass is 329 g/mol. The molecule has 22 heavy (non-hydrogen) atoms. The Morgan fingerprint density at radius 1 is 1.18 bits per heavy atom. The van der Waals surface area contributed by atoms with Crippen LogP contribution in [-0.2, 0) is 4.79 Å². The number of hydrogen-bond acceptors (Lipinski definition) is 3. The second-order valence-corrected chi connectivity index (χ2v) is 6.37. The van der Waals surface area contributed by atoms with Gasteiger partial charge in [-0.25, -0.2) is 4.99 Å². The van der Waals surface area contributed by atoms with Crippen molar-refractivity contribution < 1.29 is 9.90 Å². The van der Waals surface area contributed by atoms with E-state index in [0.717, 1.165) is 11.1 Å². The summed E-state index contributed by atoms with van der Waals surface area (Å²) in [5, 5.41) is 11.0. The van der Waals surface area contributed by atoms with Crippen LogP contribution < -0.4 is 0 Å². The van der Waals surface area contributed by atoms with Crippen molar-refractivity contribution in [2.45, 2.75) is 6.92 Å². The van der Waals surface area contributed by atoms with Crippen molar-refractivity contribution in [3.8, 4) is 5.75 Å². The van der Waals surface area contributed by atoms with Crippen molar-refractivity contribution in [1.29, 1.82) is 0 Å². The number of thioether (sulfide) groups is 1. The van der Waals surface area contributed by atoms with Gasteiger partial charge in [0, 0.05) is 16.1 Å². The summed E-state index contributed by atoms with van der Waals surface area (Å²) in [6.07, 6.45) is 1.61. The van der Waals surface area contributed by atoms with Gasteiger partial charge in [-0.15, -0.1) is 0 Å². The summed E-state index contributed by atoms with van der Waals surface area (Å²) in [4.78, 5) is 16.6. The third-order valence-electron chi connectivity index (χ3n) is 3.20. The van der Waals surface area contributed by atoms with E-state index in [9.17, 15) is 9.90 Å². The molecule has 2 aromatic carbocycles. The number of carbonyl (C=O) groups is 1. The molecule has 5 heteroatoms. The fourth-order valence-corrected chi connectivity index (χ4v) is 3.10. The summed E-state index contributed by atoms with van der Waals surface area (Å²) in [5.74, 6) is -0.228. The lowest BCUT2D eigenvalue weighted by Crippen LogP contribution is -1.90. The highest BCUT2D eigenvalue weighted by molar-refractivity contribution is 8.19. The van der Waals surface area contributed by atoms with Crippen molar-refractivity contribution >= 4 is 40.4 Å². The molecule has 0 saturated heterocycles. The Balaban J connectivity index is 1.90. The number of nitrogens with zero attached hydrogens (tertiary/aromatic N) is 1. The van der Waals surface area contributed by atoms with Gasteiger partial charge in [0.1, 0.15) is 10.8 Å². The summed E-state index contributed by atoms with van der Waals surface area (Å²) >= 11 is 7.21. The number of benzene rings is 2. The summed E-state index contributed by atoms with van der Waals surface area (Å²) in [7, 11) is 0. The predicted molar refractivity (Wildman–Crippen MR) is 91.4 cm³/mol. The number of hydrogen-bond donors (Lipinski definition) is 1. The van der Waals surface area contributed by atoms with Crippen LogP contribution in [0.5, 0.6) is 5.75 Å². The van der Waals surface area contributed by atoms with Gasteiger partial charge < -0.3 is 5.11 Å². The first-order valence-electron chi connectivity index (χ1n) is 6.61. The van der Waals surface area contributed by atoms with Gasteiger partial charge in [-0.05, 0) is 31.2 Å². The maximum Gasteiger partial charge on any atom is 0.284 e. The number of amides is 1. The fourth-order valence-electron chi connectivity index (χ4n) is 2.01. The first-order chi connectivity index (χ1) is 10.5. The minimum absolute atomic E-state index is 0.0779. The van der Waals surface area contributed by atoms with E-state index in [0.29, 0.717) is 20.5 Å². The molecule has 0 fully saturated rings. The molecule has 1 N–H and O–H groups in total. The number of phenolic OH excluding ortho intramolecular Hbond substituents is 1. The fraction of sp³-hybridized carbons (Fsp3) is 0.0588. The highest BCUT2D eigenvalue weighted by Gasteiger charge is 2.23. The Kier molecular flexibility index (Phi) is 4.05. The lowest BCUT2D eigenvalue weighted by atomic mass is 10.2. The maximum atomic E-state index is 12.0. The van der Waals surface area contributed by atoms with Crippen LogP contribution in [0.25, 0.3) is 6.08 Å². The van der Waals surface area contributed by atoms with Gasteiger partial charge in [0.05, 0.1) is 4.91 Å². The zero-order chi connectivity index (χ0) is 15.7. The van der Waals surface area contributed by atoms with E-state index in [2.05, 4.69) is 4.99 Å². The topological polar surface area (TPSA) is 49.7 Å². The highest BCUT2D eigenvalue weighted by Crippen LogP contribution is 2.34. The van der Waals surface area contributed by atoms with Gasteiger partial charge >= 0.3 is 0 Å². The number of halogens is 1. The number of aliphatic imine (C=N–C) groups is 1. The summed E-state index contributed by atoms with van der Waals surface area (Å²) in [6.45, 7) is 2.01. The van der Waals surface area contributed by atoms with Gasteiger partial charge in [-0.3, -0.25) is 4.79 Å². The Morgan fingerprint density at radius 2 is 1.91 bits per heavy atom. The lowest BCUT2D eigenvalue weighted by Gasteiger charge is -2.02. The zero-order valence-electron chi connectivity index (χ0n) is 11.7. The van der Waals surface area contributed by atoms with E-state index in [4.69, 9.17) is 11.6 Å². The van der Waals surface area contributed by atoms with Gasteiger partial charge in [-0.2, -0.15) is 0 Å². The Bertz CT molecular complexity index is 810. The number of carbonyl (C=O) groups excluding carboxylic acids is 1. The molecule has 0 spiro atoms. The number of phenols is 1. The molecule has 0 saturated carbocycles. The first-order valence-corrected chi connectivity index (χ1v) is 7.80. The van der Waals surface area contributed by atoms with Gasteiger partial charge in [-0.1, -0.05) is 53.2 Å². The third-order valence-corrected chi connectivity index (χ3v) is 4.46. The summed E-state index contributed by atoms with van der Waals surface area (Å²) < 4.78 is 0. The van der Waals surface area contributed by atoms with Crippen LogP contribution in [0.15, 0.2) is 52.4 Å². The van der Waals surface area contributed by atoms with Crippen molar-refractivity contribution in [1.82, 2.24) is 0 Å². The first kappa shape index (κ1) is 14.9. The number of rotatable bonds is 2. The average molecular weight is 330 g/mol. The molecule has 0 unspecified atom stereocenters. The minimum atomic E-state index is -0.306.